The molecule has 1 atom stereocenters. The SMILES string of the molecule is CCN(CC)C1(CC(=O)O)CCS(=O)(=O)c2ccccc21. The summed E-state index contributed by atoms with van der Waals surface area (Å²) < 4.78 is 24.6. The molecule has 0 saturated heterocycles. The fourth-order valence-corrected chi connectivity index (χ4v) is 5.08. The zero-order valence-electron chi connectivity index (χ0n) is 12.4. The van der Waals surface area contributed by atoms with Gasteiger partial charge in [-0.2, -0.15) is 0 Å². The van der Waals surface area contributed by atoms with Crippen LogP contribution in [-0.2, 0) is 20.2 Å². The number of hydrogen-bond acceptors (Lipinski definition) is 4. The Morgan fingerprint density at radius 3 is 2.48 bits per heavy atom. The molecule has 1 unspecified atom stereocenters. The first-order chi connectivity index (χ1) is 9.87. The van der Waals surface area contributed by atoms with Gasteiger partial charge in [-0.15, -0.1) is 0 Å². The molecular formula is C15H21NO4S. The average Bonchev–Trinajstić information content (AvgIpc) is 2.44. The van der Waals surface area contributed by atoms with Gasteiger partial charge in [-0.05, 0) is 31.1 Å². The molecule has 1 aromatic carbocycles. The summed E-state index contributed by atoms with van der Waals surface area (Å²) in [6, 6.07) is 6.81. The normalized spacial score (nSPS) is 23.8. The van der Waals surface area contributed by atoms with Gasteiger partial charge in [0.2, 0.25) is 0 Å². The van der Waals surface area contributed by atoms with E-state index in [1.807, 2.05) is 13.8 Å². The van der Waals surface area contributed by atoms with E-state index >= 15 is 0 Å². The first-order valence-corrected chi connectivity index (χ1v) is 8.81. The molecule has 6 heteroatoms. The number of aliphatic carboxylic acids is 1. The third kappa shape index (κ3) is 2.70. The summed E-state index contributed by atoms with van der Waals surface area (Å²) in [4.78, 5) is 13.8. The van der Waals surface area contributed by atoms with E-state index in [-0.39, 0.29) is 17.1 Å². The summed E-state index contributed by atoms with van der Waals surface area (Å²) in [5, 5.41) is 9.35. The highest BCUT2D eigenvalue weighted by Gasteiger charge is 2.46. The van der Waals surface area contributed by atoms with Gasteiger partial charge in [0.05, 0.1) is 22.6 Å². The molecule has 0 aliphatic carbocycles. The number of carbonyl (C=O) groups is 1. The van der Waals surface area contributed by atoms with E-state index in [4.69, 9.17) is 0 Å². The lowest BCUT2D eigenvalue weighted by Crippen LogP contribution is -2.51. The minimum absolute atomic E-state index is 0.00616. The zero-order chi connectivity index (χ0) is 15.7. The van der Waals surface area contributed by atoms with Gasteiger partial charge in [0, 0.05) is 0 Å². The molecule has 0 spiro atoms. The van der Waals surface area contributed by atoms with Crippen molar-refractivity contribution in [2.45, 2.75) is 37.1 Å². The average molecular weight is 311 g/mol. The van der Waals surface area contributed by atoms with Crippen LogP contribution in [0.2, 0.25) is 0 Å². The lowest BCUT2D eigenvalue weighted by atomic mass is 9.81. The molecule has 0 radical (unpaired) electrons. The molecule has 0 saturated carbocycles. The highest BCUT2D eigenvalue weighted by molar-refractivity contribution is 7.91. The van der Waals surface area contributed by atoms with Crippen molar-refractivity contribution in [1.29, 1.82) is 0 Å². The summed E-state index contributed by atoms with van der Waals surface area (Å²) >= 11 is 0. The molecule has 5 nitrogen and oxygen atoms in total. The van der Waals surface area contributed by atoms with Crippen LogP contribution in [0.5, 0.6) is 0 Å². The van der Waals surface area contributed by atoms with E-state index in [0.717, 1.165) is 0 Å². The van der Waals surface area contributed by atoms with Crippen LogP contribution < -0.4 is 0 Å². The number of rotatable bonds is 5. The van der Waals surface area contributed by atoms with Crippen molar-refractivity contribution < 1.29 is 18.3 Å². The number of hydrogen-bond donors (Lipinski definition) is 1. The highest BCUT2D eigenvalue weighted by Crippen LogP contribution is 2.43. The highest BCUT2D eigenvalue weighted by atomic mass is 32.2. The molecule has 1 aliphatic rings. The minimum atomic E-state index is -3.32. The van der Waals surface area contributed by atoms with E-state index in [1.54, 1.807) is 24.3 Å². The molecule has 1 aromatic rings. The Morgan fingerprint density at radius 2 is 1.90 bits per heavy atom. The van der Waals surface area contributed by atoms with Crippen molar-refractivity contribution in [3.05, 3.63) is 29.8 Å². The Bertz CT molecular complexity index is 637. The third-order valence-electron chi connectivity index (χ3n) is 4.32. The van der Waals surface area contributed by atoms with Crippen LogP contribution in [-0.4, -0.2) is 43.2 Å². The molecule has 1 N–H and O–H groups in total. The van der Waals surface area contributed by atoms with Crippen LogP contribution in [0, 0.1) is 0 Å². The standard InChI is InChI=1S/C15H21NO4S/c1-3-16(4-2)15(11-14(17)18)9-10-21(19,20)13-8-6-5-7-12(13)15/h5-8H,3-4,9-11H2,1-2H3,(H,17,18). The Labute approximate surface area is 125 Å². The Balaban J connectivity index is 2.69. The van der Waals surface area contributed by atoms with Crippen molar-refractivity contribution in [3.8, 4) is 0 Å². The quantitative estimate of drug-likeness (QED) is 0.898. The van der Waals surface area contributed by atoms with Crippen molar-refractivity contribution >= 4 is 15.8 Å². The van der Waals surface area contributed by atoms with Crippen LogP contribution >= 0.6 is 0 Å². The van der Waals surface area contributed by atoms with Crippen molar-refractivity contribution in [2.75, 3.05) is 18.8 Å². The molecular weight excluding hydrogens is 290 g/mol. The molecule has 1 heterocycles. The van der Waals surface area contributed by atoms with Gasteiger partial charge in [-0.1, -0.05) is 32.0 Å². The summed E-state index contributed by atoms with van der Waals surface area (Å²) in [5.74, 6) is -0.913. The first kappa shape index (κ1) is 16.0. The van der Waals surface area contributed by atoms with Crippen molar-refractivity contribution in [2.24, 2.45) is 0 Å². The van der Waals surface area contributed by atoms with Gasteiger partial charge in [-0.3, -0.25) is 9.69 Å². The van der Waals surface area contributed by atoms with E-state index in [2.05, 4.69) is 4.90 Å². The fraction of sp³-hybridized carbons (Fsp3) is 0.533. The van der Waals surface area contributed by atoms with Gasteiger partial charge in [0.25, 0.3) is 0 Å². The van der Waals surface area contributed by atoms with E-state index in [9.17, 15) is 18.3 Å². The first-order valence-electron chi connectivity index (χ1n) is 7.16. The van der Waals surface area contributed by atoms with E-state index in [1.165, 1.54) is 0 Å². The molecule has 116 valence electrons. The van der Waals surface area contributed by atoms with Crippen LogP contribution in [0.4, 0.5) is 0 Å². The van der Waals surface area contributed by atoms with E-state index < -0.39 is 21.3 Å². The maximum atomic E-state index is 12.3. The smallest absolute Gasteiger partial charge is 0.305 e. The number of carboxylic acid groups (broad SMARTS) is 1. The topological polar surface area (TPSA) is 74.7 Å². The Kier molecular flexibility index (Phi) is 4.39. The second-order valence-corrected chi connectivity index (χ2v) is 7.42. The van der Waals surface area contributed by atoms with Gasteiger partial charge in [0.1, 0.15) is 0 Å². The Hall–Kier alpha value is -1.40. The maximum absolute atomic E-state index is 12.3. The predicted octanol–water partition coefficient (Wildman–Crippen LogP) is 1.88. The Morgan fingerprint density at radius 1 is 1.29 bits per heavy atom. The monoisotopic (exact) mass is 311 g/mol. The summed E-state index contributed by atoms with van der Waals surface area (Å²) in [7, 11) is -3.32. The van der Waals surface area contributed by atoms with Crippen LogP contribution in [0.3, 0.4) is 0 Å². The number of fused-ring (bicyclic) bond motifs is 1. The largest absolute Gasteiger partial charge is 0.481 e. The summed E-state index contributed by atoms with van der Waals surface area (Å²) in [5.41, 5.74) is -0.112. The molecule has 0 aromatic heterocycles. The second-order valence-electron chi connectivity index (χ2n) is 5.34. The van der Waals surface area contributed by atoms with Gasteiger partial charge >= 0.3 is 5.97 Å². The van der Waals surface area contributed by atoms with Crippen LogP contribution in [0.25, 0.3) is 0 Å². The van der Waals surface area contributed by atoms with Crippen LogP contribution in [0.1, 0.15) is 32.3 Å². The molecule has 2 rings (SSSR count). The summed E-state index contributed by atoms with van der Waals surface area (Å²) in [6.45, 7) is 5.30. The van der Waals surface area contributed by atoms with Gasteiger partial charge in [0.15, 0.2) is 9.84 Å². The number of sulfone groups is 1. The summed E-state index contributed by atoms with van der Waals surface area (Å²) in [6.07, 6.45) is 0.238. The number of benzene rings is 1. The zero-order valence-corrected chi connectivity index (χ0v) is 13.2. The predicted molar refractivity (Wildman–Crippen MR) is 80.0 cm³/mol. The number of carboxylic acids is 1. The van der Waals surface area contributed by atoms with Gasteiger partial charge < -0.3 is 5.11 Å². The van der Waals surface area contributed by atoms with E-state index in [0.29, 0.717) is 25.1 Å². The second kappa shape index (κ2) is 5.77. The molecule has 0 amide bonds. The maximum Gasteiger partial charge on any atom is 0.305 e. The van der Waals surface area contributed by atoms with Crippen molar-refractivity contribution in [3.63, 3.8) is 0 Å². The fourth-order valence-electron chi connectivity index (χ4n) is 3.37. The van der Waals surface area contributed by atoms with Crippen molar-refractivity contribution in [1.82, 2.24) is 4.90 Å². The van der Waals surface area contributed by atoms with Gasteiger partial charge in [-0.25, -0.2) is 8.42 Å². The molecule has 1 aliphatic heterocycles. The van der Waals surface area contributed by atoms with Crippen LogP contribution in [0.15, 0.2) is 29.2 Å². The lowest BCUT2D eigenvalue weighted by molar-refractivity contribution is -0.141. The molecule has 0 fully saturated rings. The number of nitrogens with zero attached hydrogens (tertiary/aromatic N) is 1. The molecule has 21 heavy (non-hydrogen) atoms. The minimum Gasteiger partial charge on any atom is -0.481 e. The third-order valence-corrected chi connectivity index (χ3v) is 6.09. The lowest BCUT2D eigenvalue weighted by Gasteiger charge is -2.46. The molecule has 0 bridgehead atoms.